The number of nitrogens with one attached hydrogen (secondary N) is 2. The Balaban J connectivity index is 1.50. The summed E-state index contributed by atoms with van der Waals surface area (Å²) in [6.45, 7) is 4.61. The fourth-order valence-electron chi connectivity index (χ4n) is 4.41. The number of carboxylic acids is 1. The molecule has 2 fully saturated rings. The second kappa shape index (κ2) is 11.3. The van der Waals surface area contributed by atoms with E-state index in [1.54, 1.807) is 14.0 Å². The number of anilines is 1. The predicted molar refractivity (Wildman–Crippen MR) is 134 cm³/mol. The first kappa shape index (κ1) is 26.7. The monoisotopic (exact) mass is 556 g/mol. The maximum Gasteiger partial charge on any atom is 0.347 e. The number of aryl methyl sites for hydroxylation is 1. The number of H-pyrrole nitrogens is 1. The smallest absolute Gasteiger partial charge is 0.347 e. The number of carbonyl (C=O) groups excluding carboxylic acids is 1. The number of hydrogen-bond acceptors (Lipinski definition) is 9. The number of halogens is 2. The molecule has 2 aliphatic rings. The average molecular weight is 557 g/mol. The van der Waals surface area contributed by atoms with Gasteiger partial charge in [0.1, 0.15) is 22.3 Å². The van der Waals surface area contributed by atoms with Crippen LogP contribution in [0.4, 0.5) is 5.13 Å². The number of aromatic amines is 1. The minimum Gasteiger partial charge on any atom is -0.477 e. The van der Waals surface area contributed by atoms with Crippen LogP contribution in [0, 0.1) is 18.3 Å². The van der Waals surface area contributed by atoms with Crippen LogP contribution in [0.25, 0.3) is 0 Å². The summed E-state index contributed by atoms with van der Waals surface area (Å²) in [5.74, 6) is -1.51. The lowest BCUT2D eigenvalue weighted by Crippen LogP contribution is -2.55. The Kier molecular flexibility index (Phi) is 8.39. The summed E-state index contributed by atoms with van der Waals surface area (Å²) in [5.41, 5.74) is 1.04. The van der Waals surface area contributed by atoms with Crippen LogP contribution in [0.1, 0.15) is 44.0 Å². The van der Waals surface area contributed by atoms with E-state index in [1.165, 1.54) is 0 Å². The Morgan fingerprint density at radius 2 is 2.06 bits per heavy atom. The Morgan fingerprint density at radius 1 is 1.33 bits per heavy atom. The van der Waals surface area contributed by atoms with Crippen molar-refractivity contribution in [3.8, 4) is 6.07 Å². The molecular weight excluding hydrogens is 531 g/mol. The van der Waals surface area contributed by atoms with Gasteiger partial charge < -0.3 is 29.8 Å². The highest BCUT2D eigenvalue weighted by Gasteiger charge is 2.36. The number of aromatic nitrogens is 2. The number of ether oxygens (including phenoxy) is 2. The Bertz CT molecular complexity index is 1170. The highest BCUT2D eigenvalue weighted by Crippen LogP contribution is 2.35. The lowest BCUT2D eigenvalue weighted by atomic mass is 10.0. The number of methoxy groups -OCH3 is 1. The number of hydrogen-bond donors (Lipinski definition) is 3. The van der Waals surface area contributed by atoms with Crippen molar-refractivity contribution < 1.29 is 24.2 Å². The number of nitriles is 1. The van der Waals surface area contributed by atoms with Gasteiger partial charge in [-0.05, 0) is 13.3 Å². The summed E-state index contributed by atoms with van der Waals surface area (Å²) in [5, 5.41) is 23.6. The van der Waals surface area contributed by atoms with E-state index in [-0.39, 0.29) is 39.3 Å². The van der Waals surface area contributed by atoms with Gasteiger partial charge in [0.25, 0.3) is 5.91 Å². The molecule has 2 aliphatic heterocycles. The molecule has 0 saturated carbocycles. The van der Waals surface area contributed by atoms with Gasteiger partial charge in [0.15, 0.2) is 5.13 Å². The van der Waals surface area contributed by atoms with E-state index in [0.717, 1.165) is 11.3 Å². The van der Waals surface area contributed by atoms with Gasteiger partial charge in [0, 0.05) is 39.0 Å². The second-order valence-electron chi connectivity index (χ2n) is 8.54. The number of piperidine rings is 1. The molecule has 0 spiro atoms. The summed E-state index contributed by atoms with van der Waals surface area (Å²) in [6, 6.07) is 1.12. The third-order valence-corrected chi connectivity index (χ3v) is 8.43. The van der Waals surface area contributed by atoms with Crippen molar-refractivity contribution in [3.05, 3.63) is 32.0 Å². The maximum absolute atomic E-state index is 12.8. The standard InChI is InChI=1S/C22H26Cl2N6O5S/c1-11-15(23)16(24)18(26-11)20(31)27-12-3-4-30(10-14(12)34-2)22-28-17(19(36-22)21(32)33)13(9-25)29-5-7-35-8-6-29/h12-14,26H,3-8,10H2,1-2H3,(H,27,31)(H,32,33)/t12-,13?,14+/m1/s1. The molecule has 2 aromatic heterocycles. The molecule has 0 aromatic carbocycles. The van der Waals surface area contributed by atoms with Crippen LogP contribution in [-0.2, 0) is 9.47 Å². The number of aromatic carboxylic acids is 1. The third kappa shape index (κ3) is 5.32. The lowest BCUT2D eigenvalue weighted by molar-refractivity contribution is 0.0258. The van der Waals surface area contributed by atoms with Crippen LogP contribution in [0.2, 0.25) is 10.0 Å². The predicted octanol–water partition coefficient (Wildman–Crippen LogP) is 2.71. The zero-order valence-corrected chi connectivity index (χ0v) is 22.0. The van der Waals surface area contributed by atoms with Crippen molar-refractivity contribution in [3.63, 3.8) is 0 Å². The van der Waals surface area contributed by atoms with Gasteiger partial charge in [0.2, 0.25) is 0 Å². The second-order valence-corrected chi connectivity index (χ2v) is 10.3. The topological polar surface area (TPSA) is 144 Å². The molecule has 0 radical (unpaired) electrons. The molecule has 1 amide bonds. The number of thiazole rings is 1. The normalized spacial score (nSPS) is 21.7. The zero-order valence-electron chi connectivity index (χ0n) is 19.7. The molecule has 3 atom stereocenters. The van der Waals surface area contributed by atoms with Gasteiger partial charge >= 0.3 is 5.97 Å². The zero-order chi connectivity index (χ0) is 26.0. The van der Waals surface area contributed by atoms with Crippen molar-refractivity contribution in [2.24, 2.45) is 0 Å². The molecule has 2 saturated heterocycles. The molecule has 0 bridgehead atoms. The van der Waals surface area contributed by atoms with Crippen LogP contribution < -0.4 is 10.2 Å². The van der Waals surface area contributed by atoms with Crippen molar-refractivity contribution >= 4 is 51.5 Å². The van der Waals surface area contributed by atoms with Gasteiger partial charge in [-0.2, -0.15) is 5.26 Å². The first-order valence-corrected chi connectivity index (χ1v) is 12.9. The Hall–Kier alpha value is -2.40. The minimum absolute atomic E-state index is 0.0427. The molecule has 1 unspecified atom stereocenters. The highest BCUT2D eigenvalue weighted by molar-refractivity contribution is 7.17. The molecule has 2 aromatic rings. The van der Waals surface area contributed by atoms with Crippen LogP contribution in [0.3, 0.4) is 0 Å². The lowest BCUT2D eigenvalue weighted by Gasteiger charge is -2.38. The largest absolute Gasteiger partial charge is 0.477 e. The molecule has 11 nitrogen and oxygen atoms in total. The van der Waals surface area contributed by atoms with Crippen molar-refractivity contribution in [1.29, 1.82) is 5.26 Å². The van der Waals surface area contributed by atoms with E-state index in [0.29, 0.717) is 61.7 Å². The van der Waals surface area contributed by atoms with Gasteiger partial charge in [-0.3, -0.25) is 9.69 Å². The van der Waals surface area contributed by atoms with E-state index in [2.05, 4.69) is 21.4 Å². The fraction of sp³-hybridized carbons (Fsp3) is 0.545. The average Bonchev–Trinajstić information content (AvgIpc) is 3.43. The van der Waals surface area contributed by atoms with Gasteiger partial charge in [-0.1, -0.05) is 34.5 Å². The Labute approximate surface area is 221 Å². The molecule has 0 aliphatic carbocycles. The van der Waals surface area contributed by atoms with Crippen molar-refractivity contribution in [2.75, 3.05) is 51.4 Å². The van der Waals surface area contributed by atoms with E-state index < -0.39 is 12.0 Å². The van der Waals surface area contributed by atoms with Crippen LogP contribution >= 0.6 is 34.5 Å². The number of amides is 1. The number of carbonyl (C=O) groups is 2. The number of nitrogens with zero attached hydrogens (tertiary/aromatic N) is 4. The van der Waals surface area contributed by atoms with E-state index in [9.17, 15) is 20.0 Å². The van der Waals surface area contributed by atoms with Gasteiger partial charge in [-0.15, -0.1) is 0 Å². The van der Waals surface area contributed by atoms with Gasteiger partial charge in [0.05, 0.1) is 41.5 Å². The molecule has 14 heteroatoms. The van der Waals surface area contributed by atoms with E-state index in [1.807, 2.05) is 9.80 Å². The van der Waals surface area contributed by atoms with E-state index in [4.69, 9.17) is 32.7 Å². The third-order valence-electron chi connectivity index (χ3n) is 6.36. The van der Waals surface area contributed by atoms with Gasteiger partial charge in [-0.25, -0.2) is 9.78 Å². The van der Waals surface area contributed by atoms with Crippen molar-refractivity contribution in [1.82, 2.24) is 20.2 Å². The fourth-order valence-corrected chi connectivity index (χ4v) is 5.80. The van der Waals surface area contributed by atoms with Crippen LogP contribution in [0.5, 0.6) is 0 Å². The molecule has 36 heavy (non-hydrogen) atoms. The molecule has 3 N–H and O–H groups in total. The SMILES string of the molecule is CO[C@H]1CN(c2nc(C(C#N)N3CCOCC3)c(C(=O)O)s2)CC[C@H]1NC(=O)c1[nH]c(C)c(Cl)c1Cl. The van der Waals surface area contributed by atoms with E-state index >= 15 is 0 Å². The number of carboxylic acid groups (broad SMARTS) is 1. The maximum atomic E-state index is 12.8. The molecule has 194 valence electrons. The molecule has 4 rings (SSSR count). The first-order chi connectivity index (χ1) is 17.2. The molecular formula is C22H26Cl2N6O5S. The molecule has 4 heterocycles. The van der Waals surface area contributed by atoms with Crippen molar-refractivity contribution in [2.45, 2.75) is 31.5 Å². The number of rotatable bonds is 7. The first-order valence-electron chi connectivity index (χ1n) is 11.3. The summed E-state index contributed by atoms with van der Waals surface area (Å²) in [7, 11) is 1.55. The summed E-state index contributed by atoms with van der Waals surface area (Å²) >= 11 is 13.3. The summed E-state index contributed by atoms with van der Waals surface area (Å²) in [6.07, 6.45) is 0.136. The van der Waals surface area contributed by atoms with Crippen LogP contribution in [0.15, 0.2) is 0 Å². The quantitative estimate of drug-likeness (QED) is 0.468. The summed E-state index contributed by atoms with van der Waals surface area (Å²) < 4.78 is 11.0. The highest BCUT2D eigenvalue weighted by atomic mass is 35.5. The summed E-state index contributed by atoms with van der Waals surface area (Å²) in [4.78, 5) is 36.2. The minimum atomic E-state index is -1.12. The number of morpholine rings is 1. The Morgan fingerprint density at radius 3 is 2.64 bits per heavy atom. The van der Waals surface area contributed by atoms with Crippen LogP contribution in [-0.4, -0.2) is 90.5 Å².